The number of imide groups is 1. The summed E-state index contributed by atoms with van der Waals surface area (Å²) < 4.78 is 37.0. The lowest BCUT2D eigenvalue weighted by atomic mass is 9.61. The second-order valence-corrected chi connectivity index (χ2v) is 8.48. The highest BCUT2D eigenvalue weighted by molar-refractivity contribution is 6.00. The number of carbonyl (C=O) groups is 3. The van der Waals surface area contributed by atoms with Gasteiger partial charge in [0, 0.05) is 37.8 Å². The standard InChI is InChI=1S/C20H19F2N3O5/c21-20(22)7-19(8-20)9-25(10-19)18(28)29-6-11-1-3-14-13(5-11)23-17(30-14)12-2-4-15(26)24-16(12)27/h1,3,5,12H,2,4,6-10H2,(H,24,26,27). The molecule has 1 saturated carbocycles. The maximum Gasteiger partial charge on any atom is 0.410 e. The van der Waals surface area contributed by atoms with E-state index in [1.807, 2.05) is 0 Å². The van der Waals surface area contributed by atoms with Crippen molar-refractivity contribution in [1.29, 1.82) is 0 Å². The molecule has 158 valence electrons. The lowest BCUT2D eigenvalue weighted by Gasteiger charge is -2.57. The van der Waals surface area contributed by atoms with Crippen molar-refractivity contribution in [1.82, 2.24) is 15.2 Å². The molecule has 1 spiro atoms. The van der Waals surface area contributed by atoms with E-state index < -0.39 is 29.3 Å². The molecular formula is C20H19F2N3O5. The second kappa shape index (κ2) is 6.48. The topological polar surface area (TPSA) is 102 Å². The van der Waals surface area contributed by atoms with E-state index >= 15 is 0 Å². The zero-order valence-corrected chi connectivity index (χ0v) is 16.0. The van der Waals surface area contributed by atoms with Gasteiger partial charge in [0.2, 0.25) is 23.6 Å². The van der Waals surface area contributed by atoms with Gasteiger partial charge in [0.25, 0.3) is 0 Å². The molecule has 1 aromatic heterocycles. The van der Waals surface area contributed by atoms with Gasteiger partial charge >= 0.3 is 6.09 Å². The second-order valence-electron chi connectivity index (χ2n) is 8.48. The first-order chi connectivity index (χ1) is 14.2. The van der Waals surface area contributed by atoms with E-state index in [-0.39, 0.29) is 37.7 Å². The van der Waals surface area contributed by atoms with Crippen molar-refractivity contribution in [2.75, 3.05) is 13.1 Å². The lowest BCUT2D eigenvalue weighted by Crippen LogP contribution is -2.66. The normalized spacial score (nSPS) is 24.3. The zero-order chi connectivity index (χ0) is 21.1. The largest absolute Gasteiger partial charge is 0.445 e. The van der Waals surface area contributed by atoms with Crippen molar-refractivity contribution in [2.45, 2.75) is 44.1 Å². The number of benzene rings is 1. The molecule has 0 radical (unpaired) electrons. The van der Waals surface area contributed by atoms with Gasteiger partial charge in [0.05, 0.1) is 0 Å². The number of nitrogens with zero attached hydrogens (tertiary/aromatic N) is 2. The van der Waals surface area contributed by atoms with Crippen LogP contribution in [-0.4, -0.2) is 46.8 Å². The van der Waals surface area contributed by atoms with Gasteiger partial charge in [0.1, 0.15) is 18.0 Å². The molecule has 3 aliphatic rings. The van der Waals surface area contributed by atoms with Gasteiger partial charge in [-0.15, -0.1) is 0 Å². The van der Waals surface area contributed by atoms with Crippen molar-refractivity contribution < 1.29 is 32.3 Å². The number of halogens is 2. The number of fused-ring (bicyclic) bond motifs is 1. The molecule has 30 heavy (non-hydrogen) atoms. The van der Waals surface area contributed by atoms with Crippen molar-refractivity contribution in [2.24, 2.45) is 5.41 Å². The highest BCUT2D eigenvalue weighted by Gasteiger charge is 2.62. The molecule has 1 atom stereocenters. The first-order valence-corrected chi connectivity index (χ1v) is 9.75. The van der Waals surface area contributed by atoms with E-state index in [1.165, 1.54) is 4.90 Å². The molecule has 1 aromatic carbocycles. The SMILES string of the molecule is O=C1CCC(c2nc3cc(COC(=O)N4CC5(C4)CC(F)(F)C5)ccc3o2)C(=O)N1. The predicted molar refractivity (Wildman–Crippen MR) is 97.5 cm³/mol. The minimum Gasteiger partial charge on any atom is -0.445 e. The minimum atomic E-state index is -2.60. The number of ether oxygens (including phenoxy) is 1. The summed E-state index contributed by atoms with van der Waals surface area (Å²) in [4.78, 5) is 41.2. The highest BCUT2D eigenvalue weighted by atomic mass is 19.3. The Morgan fingerprint density at radius 2 is 2.07 bits per heavy atom. The van der Waals surface area contributed by atoms with Crippen LogP contribution in [-0.2, 0) is 20.9 Å². The molecule has 3 amide bonds. The fraction of sp³-hybridized carbons (Fsp3) is 0.500. The van der Waals surface area contributed by atoms with Crippen LogP contribution in [0.5, 0.6) is 0 Å². The molecule has 1 aliphatic carbocycles. The fourth-order valence-corrected chi connectivity index (χ4v) is 4.56. The third kappa shape index (κ3) is 3.29. The number of nitrogens with one attached hydrogen (secondary N) is 1. The molecule has 3 heterocycles. The number of hydrogen-bond donors (Lipinski definition) is 1. The summed E-state index contributed by atoms with van der Waals surface area (Å²) in [5, 5.41) is 2.27. The van der Waals surface area contributed by atoms with Crippen molar-refractivity contribution in [3.63, 3.8) is 0 Å². The average Bonchev–Trinajstić information content (AvgIpc) is 3.04. The van der Waals surface area contributed by atoms with E-state index in [4.69, 9.17) is 9.15 Å². The van der Waals surface area contributed by atoms with Crippen molar-refractivity contribution >= 4 is 29.0 Å². The number of rotatable bonds is 3. The maximum atomic E-state index is 13.1. The molecular weight excluding hydrogens is 400 g/mol. The molecule has 3 fully saturated rings. The molecule has 0 bridgehead atoms. The predicted octanol–water partition coefficient (Wildman–Crippen LogP) is 2.72. The van der Waals surface area contributed by atoms with Gasteiger partial charge in [-0.25, -0.2) is 18.6 Å². The Balaban J connectivity index is 1.19. The summed E-state index contributed by atoms with van der Waals surface area (Å²) in [7, 11) is 0. The Bertz CT molecular complexity index is 1050. The number of amides is 3. The van der Waals surface area contributed by atoms with Crippen molar-refractivity contribution in [3.8, 4) is 0 Å². The van der Waals surface area contributed by atoms with Crippen LogP contribution < -0.4 is 5.32 Å². The Hall–Kier alpha value is -3.04. The van der Waals surface area contributed by atoms with E-state index in [2.05, 4.69) is 10.3 Å². The number of hydrogen-bond acceptors (Lipinski definition) is 6. The van der Waals surface area contributed by atoms with E-state index in [0.717, 1.165) is 0 Å². The van der Waals surface area contributed by atoms with Gasteiger partial charge in [-0.3, -0.25) is 14.9 Å². The number of piperidine rings is 1. The third-order valence-electron chi connectivity index (χ3n) is 5.95. The highest BCUT2D eigenvalue weighted by Crippen LogP contribution is 2.56. The maximum absolute atomic E-state index is 13.1. The van der Waals surface area contributed by atoms with Crippen LogP contribution in [0.2, 0.25) is 0 Å². The van der Waals surface area contributed by atoms with Gasteiger partial charge in [0.15, 0.2) is 5.58 Å². The Kier molecular flexibility index (Phi) is 4.09. The number of likely N-dealkylation sites (tertiary alicyclic amines) is 1. The summed E-state index contributed by atoms with van der Waals surface area (Å²) >= 11 is 0. The van der Waals surface area contributed by atoms with Gasteiger partial charge in [-0.2, -0.15) is 0 Å². The van der Waals surface area contributed by atoms with E-state index in [9.17, 15) is 23.2 Å². The first-order valence-electron chi connectivity index (χ1n) is 9.75. The van der Waals surface area contributed by atoms with Crippen LogP contribution in [0.15, 0.2) is 22.6 Å². The monoisotopic (exact) mass is 419 g/mol. The quantitative estimate of drug-likeness (QED) is 0.768. The molecule has 2 aliphatic heterocycles. The molecule has 2 saturated heterocycles. The van der Waals surface area contributed by atoms with Gasteiger partial charge < -0.3 is 14.1 Å². The molecule has 8 nitrogen and oxygen atoms in total. The van der Waals surface area contributed by atoms with Gasteiger partial charge in [-0.1, -0.05) is 6.07 Å². The number of oxazole rings is 1. The van der Waals surface area contributed by atoms with Crippen LogP contribution in [0.25, 0.3) is 11.1 Å². The summed E-state index contributed by atoms with van der Waals surface area (Å²) in [6.45, 7) is 0.618. The summed E-state index contributed by atoms with van der Waals surface area (Å²) in [5.74, 6) is -3.71. The molecule has 10 heteroatoms. The third-order valence-corrected chi connectivity index (χ3v) is 5.95. The molecule has 5 rings (SSSR count). The van der Waals surface area contributed by atoms with Gasteiger partial charge in [-0.05, 0) is 24.1 Å². The molecule has 2 aromatic rings. The first kappa shape index (κ1) is 19.0. The zero-order valence-electron chi connectivity index (χ0n) is 16.0. The smallest absolute Gasteiger partial charge is 0.410 e. The Morgan fingerprint density at radius 1 is 1.30 bits per heavy atom. The number of alkyl halides is 2. The molecule has 1 unspecified atom stereocenters. The van der Waals surface area contributed by atoms with Crippen LogP contribution in [0.3, 0.4) is 0 Å². The van der Waals surface area contributed by atoms with Crippen LogP contribution in [0.1, 0.15) is 43.1 Å². The van der Waals surface area contributed by atoms with Crippen molar-refractivity contribution in [3.05, 3.63) is 29.7 Å². The van der Waals surface area contributed by atoms with Crippen LogP contribution in [0.4, 0.5) is 13.6 Å². The lowest BCUT2D eigenvalue weighted by molar-refractivity contribution is -0.206. The molecule has 1 N–H and O–H groups in total. The number of carbonyl (C=O) groups excluding carboxylic acids is 3. The van der Waals surface area contributed by atoms with E-state index in [1.54, 1.807) is 18.2 Å². The Labute approximate surface area is 169 Å². The average molecular weight is 419 g/mol. The summed E-state index contributed by atoms with van der Waals surface area (Å²) in [6, 6.07) is 5.10. The van der Waals surface area contributed by atoms with Crippen LogP contribution >= 0.6 is 0 Å². The Morgan fingerprint density at radius 3 is 2.77 bits per heavy atom. The summed E-state index contributed by atoms with van der Waals surface area (Å²) in [6.07, 6.45) is -0.290. The summed E-state index contributed by atoms with van der Waals surface area (Å²) in [5.41, 5.74) is 1.25. The van der Waals surface area contributed by atoms with E-state index in [0.29, 0.717) is 36.2 Å². The minimum absolute atomic E-state index is 0.00897. The number of aromatic nitrogens is 1. The fourth-order valence-electron chi connectivity index (χ4n) is 4.56. The van der Waals surface area contributed by atoms with Crippen LogP contribution in [0, 0.1) is 5.41 Å².